The fourth-order valence-electron chi connectivity index (χ4n) is 1.54. The van der Waals surface area contributed by atoms with E-state index >= 15 is 0 Å². The maximum atomic E-state index is 5.64. The van der Waals surface area contributed by atoms with E-state index in [1.807, 2.05) is 6.92 Å². The molecule has 10 heteroatoms. The number of rotatable bonds is 9. The van der Waals surface area contributed by atoms with Crippen LogP contribution < -0.4 is 11.5 Å². The van der Waals surface area contributed by atoms with Gasteiger partial charge in [0.15, 0.2) is 0 Å². The number of nitrogen functional groups attached to an aromatic ring is 2. The Morgan fingerprint density at radius 3 is 2.05 bits per heavy atom. The molecule has 0 radical (unpaired) electrons. The van der Waals surface area contributed by atoms with Gasteiger partial charge in [-0.15, -0.1) is 20.4 Å². The lowest BCUT2D eigenvalue weighted by Crippen LogP contribution is -2.18. The number of hydrogen-bond donors (Lipinski definition) is 2. The summed E-state index contributed by atoms with van der Waals surface area (Å²) < 4.78 is 11.2. The predicted molar refractivity (Wildman–Crippen MR) is 82.3 cm³/mol. The van der Waals surface area contributed by atoms with Gasteiger partial charge in [0.25, 0.3) is 0 Å². The Bertz CT molecular complexity index is 546. The molecule has 0 fully saturated rings. The average molecular weight is 330 g/mol. The summed E-state index contributed by atoms with van der Waals surface area (Å²) in [7, 11) is 0. The molecule has 4 N–H and O–H groups in total. The molecule has 8 nitrogen and oxygen atoms in total. The molecular formula is C11H18N6O2S2. The highest BCUT2D eigenvalue weighted by atomic mass is 32.1. The zero-order chi connectivity index (χ0) is 15.1. The normalized spacial score (nSPS) is 12.6. The molecule has 0 amide bonds. The third-order valence-corrected chi connectivity index (χ3v) is 4.12. The standard InChI is InChI=1S/C11H18N6O2S2/c1-7(19-5-3-9-15-17-11(13)21-9)6-18-4-2-8-14-16-10(12)20-8/h7H,2-6H2,1H3,(H2,12,16)(H2,13,17). The maximum absolute atomic E-state index is 5.64. The van der Waals surface area contributed by atoms with Crippen LogP contribution in [0.2, 0.25) is 0 Å². The van der Waals surface area contributed by atoms with Crippen LogP contribution in [-0.4, -0.2) is 46.3 Å². The van der Waals surface area contributed by atoms with Gasteiger partial charge in [0.1, 0.15) is 10.0 Å². The zero-order valence-corrected chi connectivity index (χ0v) is 13.3. The number of anilines is 2. The van der Waals surface area contributed by atoms with Gasteiger partial charge >= 0.3 is 0 Å². The van der Waals surface area contributed by atoms with Gasteiger partial charge in [-0.25, -0.2) is 0 Å². The third kappa shape index (κ3) is 5.87. The van der Waals surface area contributed by atoms with Crippen LogP contribution in [0.1, 0.15) is 16.9 Å². The zero-order valence-electron chi connectivity index (χ0n) is 11.7. The molecule has 21 heavy (non-hydrogen) atoms. The number of aromatic nitrogens is 4. The van der Waals surface area contributed by atoms with E-state index in [0.717, 1.165) is 10.0 Å². The smallest absolute Gasteiger partial charge is 0.203 e. The Kier molecular flexibility index (Phi) is 6.23. The van der Waals surface area contributed by atoms with Crippen LogP contribution in [0.3, 0.4) is 0 Å². The van der Waals surface area contributed by atoms with Crippen LogP contribution in [0.5, 0.6) is 0 Å². The first-order valence-corrected chi connectivity index (χ1v) is 8.12. The van der Waals surface area contributed by atoms with Gasteiger partial charge in [0, 0.05) is 12.8 Å². The highest BCUT2D eigenvalue weighted by Crippen LogP contribution is 2.12. The van der Waals surface area contributed by atoms with E-state index < -0.39 is 0 Å². The van der Waals surface area contributed by atoms with Crippen molar-refractivity contribution in [1.82, 2.24) is 20.4 Å². The van der Waals surface area contributed by atoms with E-state index in [0.29, 0.717) is 42.9 Å². The van der Waals surface area contributed by atoms with Crippen molar-refractivity contribution in [3.63, 3.8) is 0 Å². The molecule has 2 heterocycles. The van der Waals surface area contributed by atoms with Crippen molar-refractivity contribution in [2.45, 2.75) is 25.9 Å². The molecule has 0 aliphatic rings. The lowest BCUT2D eigenvalue weighted by Gasteiger charge is -2.12. The second-order valence-electron chi connectivity index (χ2n) is 4.32. The summed E-state index contributed by atoms with van der Waals surface area (Å²) in [5, 5.41) is 18.1. The van der Waals surface area contributed by atoms with Gasteiger partial charge in [-0.1, -0.05) is 22.7 Å². The highest BCUT2D eigenvalue weighted by molar-refractivity contribution is 7.15. The lowest BCUT2D eigenvalue weighted by atomic mass is 10.4. The van der Waals surface area contributed by atoms with E-state index in [4.69, 9.17) is 20.9 Å². The molecule has 0 bridgehead atoms. The van der Waals surface area contributed by atoms with Crippen molar-refractivity contribution in [2.24, 2.45) is 0 Å². The third-order valence-electron chi connectivity index (χ3n) is 2.50. The summed E-state index contributed by atoms with van der Waals surface area (Å²) in [5.41, 5.74) is 11.0. The lowest BCUT2D eigenvalue weighted by molar-refractivity contribution is -0.00472. The van der Waals surface area contributed by atoms with E-state index in [2.05, 4.69) is 20.4 Å². The summed E-state index contributed by atoms with van der Waals surface area (Å²) in [6.45, 7) is 3.66. The van der Waals surface area contributed by atoms with E-state index in [1.165, 1.54) is 22.7 Å². The van der Waals surface area contributed by atoms with Gasteiger partial charge in [-0.2, -0.15) is 0 Å². The molecule has 1 unspecified atom stereocenters. The van der Waals surface area contributed by atoms with Gasteiger partial charge < -0.3 is 20.9 Å². The van der Waals surface area contributed by atoms with Crippen LogP contribution in [0, 0.1) is 0 Å². The molecule has 2 aromatic rings. The van der Waals surface area contributed by atoms with Crippen LogP contribution in [0.4, 0.5) is 10.3 Å². The molecule has 116 valence electrons. The largest absolute Gasteiger partial charge is 0.378 e. The fourth-order valence-corrected chi connectivity index (χ4v) is 2.72. The first-order chi connectivity index (χ1) is 10.1. The molecule has 0 spiro atoms. The monoisotopic (exact) mass is 330 g/mol. The summed E-state index contributed by atoms with van der Waals surface area (Å²) >= 11 is 2.77. The predicted octanol–water partition coefficient (Wildman–Crippen LogP) is 0.761. The van der Waals surface area contributed by atoms with Crippen LogP contribution >= 0.6 is 22.7 Å². The van der Waals surface area contributed by atoms with Crippen molar-refractivity contribution < 1.29 is 9.47 Å². The molecular weight excluding hydrogens is 312 g/mol. The van der Waals surface area contributed by atoms with Crippen LogP contribution in [0.25, 0.3) is 0 Å². The minimum atomic E-state index is 0.0229. The molecule has 0 aliphatic carbocycles. The van der Waals surface area contributed by atoms with Gasteiger partial charge in [-0.3, -0.25) is 0 Å². The van der Waals surface area contributed by atoms with E-state index in [9.17, 15) is 0 Å². The van der Waals surface area contributed by atoms with Crippen molar-refractivity contribution in [2.75, 3.05) is 31.3 Å². The SMILES string of the molecule is CC(COCCc1nnc(N)s1)OCCc1nnc(N)s1. The molecule has 2 rings (SSSR count). The van der Waals surface area contributed by atoms with Gasteiger partial charge in [0.05, 0.1) is 25.9 Å². The summed E-state index contributed by atoms with van der Waals surface area (Å²) in [5.74, 6) is 0. The first-order valence-electron chi connectivity index (χ1n) is 6.48. The van der Waals surface area contributed by atoms with Crippen LogP contribution in [0.15, 0.2) is 0 Å². The number of nitrogens with two attached hydrogens (primary N) is 2. The molecule has 0 saturated heterocycles. The average Bonchev–Trinajstić information content (AvgIpc) is 3.04. The quantitative estimate of drug-likeness (QED) is 0.646. The second-order valence-corrected chi connectivity index (χ2v) is 6.51. The number of ether oxygens (including phenoxy) is 2. The van der Waals surface area contributed by atoms with Gasteiger partial charge in [0.2, 0.25) is 10.3 Å². The van der Waals surface area contributed by atoms with Crippen molar-refractivity contribution >= 4 is 32.9 Å². The van der Waals surface area contributed by atoms with Gasteiger partial charge in [-0.05, 0) is 6.92 Å². The Labute approximate surface area is 130 Å². The molecule has 0 aromatic carbocycles. The minimum Gasteiger partial charge on any atom is -0.378 e. The maximum Gasteiger partial charge on any atom is 0.203 e. The van der Waals surface area contributed by atoms with Crippen LogP contribution in [-0.2, 0) is 22.3 Å². The molecule has 1 atom stereocenters. The van der Waals surface area contributed by atoms with E-state index in [1.54, 1.807) is 0 Å². The summed E-state index contributed by atoms with van der Waals surface area (Å²) in [6, 6.07) is 0. The van der Waals surface area contributed by atoms with Crippen molar-refractivity contribution in [3.8, 4) is 0 Å². The second kappa shape index (κ2) is 8.17. The fraction of sp³-hybridized carbons (Fsp3) is 0.636. The first kappa shape index (κ1) is 16.0. The Balaban J connectivity index is 1.52. The van der Waals surface area contributed by atoms with Crippen molar-refractivity contribution in [3.05, 3.63) is 10.0 Å². The molecule has 0 saturated carbocycles. The minimum absolute atomic E-state index is 0.0229. The molecule has 0 aliphatic heterocycles. The Morgan fingerprint density at radius 2 is 1.52 bits per heavy atom. The summed E-state index contributed by atoms with van der Waals surface area (Å²) in [6.07, 6.45) is 1.45. The topological polar surface area (TPSA) is 122 Å². The van der Waals surface area contributed by atoms with Crippen molar-refractivity contribution in [1.29, 1.82) is 0 Å². The van der Waals surface area contributed by atoms with E-state index in [-0.39, 0.29) is 6.10 Å². The number of hydrogen-bond acceptors (Lipinski definition) is 10. The highest BCUT2D eigenvalue weighted by Gasteiger charge is 2.06. The summed E-state index contributed by atoms with van der Waals surface area (Å²) in [4.78, 5) is 0. The number of nitrogens with zero attached hydrogens (tertiary/aromatic N) is 4. The molecule has 2 aromatic heterocycles. The Morgan fingerprint density at radius 1 is 0.952 bits per heavy atom. The Hall–Kier alpha value is -1.36.